The monoisotopic (exact) mass is 320 g/mol. The van der Waals surface area contributed by atoms with E-state index in [1.807, 2.05) is 25.1 Å². The minimum atomic E-state index is -0.325. The number of carbonyl (C=O) groups is 1. The topological polar surface area (TPSA) is 71.3 Å². The molecule has 0 saturated heterocycles. The van der Waals surface area contributed by atoms with Crippen molar-refractivity contribution in [3.05, 3.63) is 46.1 Å². The van der Waals surface area contributed by atoms with E-state index >= 15 is 0 Å². The number of carbonyl (C=O) groups excluding carboxylic acids is 1. The van der Waals surface area contributed by atoms with Crippen LogP contribution in [-0.2, 0) is 13.0 Å². The van der Waals surface area contributed by atoms with Crippen molar-refractivity contribution in [1.29, 1.82) is 0 Å². The quantitative estimate of drug-likeness (QED) is 0.923. The Labute approximate surface area is 133 Å². The van der Waals surface area contributed by atoms with Crippen LogP contribution >= 0.6 is 11.6 Å². The van der Waals surface area contributed by atoms with Gasteiger partial charge in [0, 0.05) is 18.1 Å². The molecule has 0 saturated carbocycles. The average Bonchev–Trinajstić information content (AvgIpc) is 2.94. The fourth-order valence-electron chi connectivity index (χ4n) is 2.56. The molecule has 1 atom stereocenters. The molecule has 0 unspecified atom stereocenters. The number of nitrogens with one attached hydrogen (secondary N) is 1. The molecule has 1 aromatic carbocycles. The second-order valence-corrected chi connectivity index (χ2v) is 5.81. The number of fused-ring (bicyclic) bond motifs is 1. The Morgan fingerprint density at radius 2 is 2.32 bits per heavy atom. The van der Waals surface area contributed by atoms with Gasteiger partial charge in [0.15, 0.2) is 5.82 Å². The highest BCUT2D eigenvalue weighted by atomic mass is 35.5. The maximum Gasteiger partial charge on any atom is 0.318 e. The van der Waals surface area contributed by atoms with Gasteiger partial charge in [-0.1, -0.05) is 28.9 Å². The van der Waals surface area contributed by atoms with Gasteiger partial charge in [0.05, 0.1) is 0 Å². The Balaban J connectivity index is 1.66. The van der Waals surface area contributed by atoms with Crippen LogP contribution in [0.4, 0.5) is 4.79 Å². The third-order valence-corrected chi connectivity index (χ3v) is 4.10. The molecule has 0 aliphatic carbocycles. The van der Waals surface area contributed by atoms with Crippen LogP contribution < -0.4 is 5.32 Å². The third-order valence-electron chi connectivity index (χ3n) is 3.75. The van der Waals surface area contributed by atoms with Crippen molar-refractivity contribution in [3.8, 4) is 0 Å². The van der Waals surface area contributed by atoms with E-state index in [4.69, 9.17) is 16.1 Å². The lowest BCUT2D eigenvalue weighted by Crippen LogP contribution is -2.43. The minimum absolute atomic E-state index is 0.144. The van der Waals surface area contributed by atoms with E-state index < -0.39 is 0 Å². The van der Waals surface area contributed by atoms with Gasteiger partial charge in [-0.3, -0.25) is 0 Å². The summed E-state index contributed by atoms with van der Waals surface area (Å²) in [4.78, 5) is 18.3. The lowest BCUT2D eigenvalue weighted by molar-refractivity contribution is 0.186. The van der Waals surface area contributed by atoms with Crippen LogP contribution in [-0.4, -0.2) is 27.6 Å². The molecule has 1 aliphatic heterocycles. The van der Waals surface area contributed by atoms with Crippen molar-refractivity contribution in [1.82, 2.24) is 20.4 Å². The first-order valence-electron chi connectivity index (χ1n) is 7.16. The van der Waals surface area contributed by atoms with Crippen molar-refractivity contribution in [2.75, 3.05) is 6.54 Å². The van der Waals surface area contributed by atoms with Crippen molar-refractivity contribution >= 4 is 17.6 Å². The predicted octanol–water partition coefficient (Wildman–Crippen LogP) is 2.86. The molecule has 1 N–H and O–H groups in total. The Hall–Kier alpha value is -2.08. The summed E-state index contributed by atoms with van der Waals surface area (Å²) in [6.07, 6.45) is 0.760. The Morgan fingerprint density at radius 3 is 3.05 bits per heavy atom. The zero-order chi connectivity index (χ0) is 15.7. The Morgan fingerprint density at radius 1 is 1.50 bits per heavy atom. The maximum atomic E-state index is 12.4. The summed E-state index contributed by atoms with van der Waals surface area (Å²) >= 11 is 6.19. The molecule has 3 rings (SSSR count). The van der Waals surface area contributed by atoms with Gasteiger partial charge in [0.25, 0.3) is 0 Å². The highest BCUT2D eigenvalue weighted by Gasteiger charge is 2.24. The first-order chi connectivity index (χ1) is 10.5. The standard InChI is InChI=1S/C15H17ClN4O2/c1-9(14-18-10(2)19-22-14)17-15(21)20-7-6-12-11(8-20)4-3-5-13(12)16/h3-5,9H,6-8H2,1-2H3,(H,17,21)/t9-/m0/s1. The van der Waals surface area contributed by atoms with E-state index in [1.165, 1.54) is 0 Å². The zero-order valence-electron chi connectivity index (χ0n) is 12.5. The van der Waals surface area contributed by atoms with E-state index in [1.54, 1.807) is 11.8 Å². The van der Waals surface area contributed by atoms with Gasteiger partial charge in [-0.05, 0) is 37.5 Å². The fraction of sp³-hybridized carbons (Fsp3) is 0.400. The molecule has 2 amide bonds. The third kappa shape index (κ3) is 2.92. The first-order valence-corrected chi connectivity index (χ1v) is 7.54. The Kier molecular flexibility index (Phi) is 4.02. The number of amides is 2. The molecule has 1 aliphatic rings. The van der Waals surface area contributed by atoms with Crippen LogP contribution in [0, 0.1) is 6.92 Å². The van der Waals surface area contributed by atoms with Crippen LogP contribution in [0.25, 0.3) is 0 Å². The summed E-state index contributed by atoms with van der Waals surface area (Å²) < 4.78 is 5.07. The lowest BCUT2D eigenvalue weighted by atomic mass is 10.00. The van der Waals surface area contributed by atoms with Gasteiger partial charge in [0.1, 0.15) is 6.04 Å². The number of hydrogen-bond acceptors (Lipinski definition) is 4. The smallest absolute Gasteiger partial charge is 0.318 e. The highest BCUT2D eigenvalue weighted by molar-refractivity contribution is 6.31. The molecule has 0 radical (unpaired) electrons. The van der Waals surface area contributed by atoms with Gasteiger partial charge >= 0.3 is 6.03 Å². The molecule has 2 heterocycles. The van der Waals surface area contributed by atoms with Crippen LogP contribution in [0.1, 0.15) is 35.8 Å². The van der Waals surface area contributed by atoms with Crippen LogP contribution in [0.3, 0.4) is 0 Å². The minimum Gasteiger partial charge on any atom is -0.337 e. The number of aryl methyl sites for hydroxylation is 1. The fourth-order valence-corrected chi connectivity index (χ4v) is 2.85. The summed E-state index contributed by atoms with van der Waals surface area (Å²) in [5, 5.41) is 7.38. The molecule has 0 fully saturated rings. The second-order valence-electron chi connectivity index (χ2n) is 5.40. The summed E-state index contributed by atoms with van der Waals surface area (Å²) in [5.41, 5.74) is 2.23. The van der Waals surface area contributed by atoms with Crippen molar-refractivity contribution in [2.45, 2.75) is 32.9 Å². The number of nitrogens with zero attached hydrogens (tertiary/aromatic N) is 3. The van der Waals surface area contributed by atoms with E-state index in [0.29, 0.717) is 24.8 Å². The van der Waals surface area contributed by atoms with Crippen molar-refractivity contribution in [3.63, 3.8) is 0 Å². The van der Waals surface area contributed by atoms with Crippen molar-refractivity contribution < 1.29 is 9.32 Å². The van der Waals surface area contributed by atoms with Gasteiger partial charge in [-0.15, -0.1) is 0 Å². The Bertz CT molecular complexity index is 701. The molecular weight excluding hydrogens is 304 g/mol. The molecular formula is C15H17ClN4O2. The van der Waals surface area contributed by atoms with E-state index in [9.17, 15) is 4.79 Å². The molecule has 7 heteroatoms. The summed E-state index contributed by atoms with van der Waals surface area (Å²) in [7, 11) is 0. The molecule has 116 valence electrons. The summed E-state index contributed by atoms with van der Waals surface area (Å²) in [6, 6.07) is 5.33. The van der Waals surface area contributed by atoms with Gasteiger partial charge in [0.2, 0.25) is 5.89 Å². The largest absolute Gasteiger partial charge is 0.337 e. The molecule has 6 nitrogen and oxygen atoms in total. The maximum absolute atomic E-state index is 12.4. The number of urea groups is 1. The van der Waals surface area contributed by atoms with E-state index in [0.717, 1.165) is 22.6 Å². The van der Waals surface area contributed by atoms with E-state index in [2.05, 4.69) is 15.5 Å². The number of rotatable bonds is 2. The molecule has 0 bridgehead atoms. The van der Waals surface area contributed by atoms with Crippen LogP contribution in [0.2, 0.25) is 5.02 Å². The molecule has 22 heavy (non-hydrogen) atoms. The summed E-state index contributed by atoms with van der Waals surface area (Å²) in [5.74, 6) is 0.962. The van der Waals surface area contributed by atoms with Gasteiger partial charge in [-0.2, -0.15) is 4.98 Å². The van der Waals surface area contributed by atoms with E-state index in [-0.39, 0.29) is 12.1 Å². The second kappa shape index (κ2) is 5.96. The molecule has 0 spiro atoms. The highest BCUT2D eigenvalue weighted by Crippen LogP contribution is 2.26. The molecule has 2 aromatic rings. The number of halogens is 1. The predicted molar refractivity (Wildman–Crippen MR) is 81.5 cm³/mol. The first kappa shape index (κ1) is 14.8. The number of benzene rings is 1. The summed E-state index contributed by atoms with van der Waals surface area (Å²) in [6.45, 7) is 4.75. The zero-order valence-corrected chi connectivity index (χ0v) is 13.2. The van der Waals surface area contributed by atoms with Crippen LogP contribution in [0.15, 0.2) is 22.7 Å². The normalized spacial score (nSPS) is 15.3. The van der Waals surface area contributed by atoms with Crippen molar-refractivity contribution in [2.24, 2.45) is 0 Å². The average molecular weight is 321 g/mol. The number of aromatic nitrogens is 2. The number of hydrogen-bond donors (Lipinski definition) is 1. The van der Waals surface area contributed by atoms with Gasteiger partial charge < -0.3 is 14.7 Å². The SMILES string of the molecule is Cc1noc([C@H](C)NC(=O)N2CCc3c(Cl)cccc3C2)n1. The lowest BCUT2D eigenvalue weighted by Gasteiger charge is -2.30. The molecule has 1 aromatic heterocycles. The van der Waals surface area contributed by atoms with Crippen LogP contribution in [0.5, 0.6) is 0 Å². The van der Waals surface area contributed by atoms with Gasteiger partial charge in [-0.25, -0.2) is 4.79 Å².